The van der Waals surface area contributed by atoms with E-state index in [4.69, 9.17) is 0 Å². The zero-order valence-corrected chi connectivity index (χ0v) is 14.5. The van der Waals surface area contributed by atoms with E-state index in [9.17, 15) is 10.5 Å². The maximum absolute atomic E-state index is 9.31. The third-order valence-corrected chi connectivity index (χ3v) is 5.94. The van der Waals surface area contributed by atoms with Crippen molar-refractivity contribution >= 4 is 23.5 Å². The molecule has 2 aliphatic rings. The standard InChI is InChI=1S/C18H20N2S2/c1-3-21-17(11-19)15-7-5-14-10-16(8-6-13(14)9-15)18(12-20)22-4-2/h5-10,15-18H,3-4H2,1-2H3. The van der Waals surface area contributed by atoms with Gasteiger partial charge in [0.25, 0.3) is 0 Å². The van der Waals surface area contributed by atoms with Gasteiger partial charge in [-0.2, -0.15) is 10.5 Å². The minimum atomic E-state index is -0.0241. The van der Waals surface area contributed by atoms with Crippen molar-refractivity contribution in [3.63, 3.8) is 0 Å². The highest BCUT2D eigenvalue weighted by atomic mass is 32.2. The van der Waals surface area contributed by atoms with E-state index in [1.807, 2.05) is 0 Å². The second-order valence-electron chi connectivity index (χ2n) is 5.13. The summed E-state index contributed by atoms with van der Waals surface area (Å²) in [5.74, 6) is 2.23. The Hall–Kier alpha value is -1.36. The van der Waals surface area contributed by atoms with Gasteiger partial charge in [0.15, 0.2) is 0 Å². The summed E-state index contributed by atoms with van der Waals surface area (Å²) in [5.41, 5.74) is 2.36. The minimum absolute atomic E-state index is 0.0241. The van der Waals surface area contributed by atoms with Gasteiger partial charge in [0.1, 0.15) is 10.5 Å². The fraction of sp³-hybridized carbons (Fsp3) is 0.444. The van der Waals surface area contributed by atoms with E-state index >= 15 is 0 Å². The molecule has 0 radical (unpaired) electrons. The Kier molecular flexibility index (Phi) is 6.43. The Morgan fingerprint density at radius 2 is 1.32 bits per heavy atom. The molecule has 0 fully saturated rings. The average Bonchev–Trinajstić information content (AvgIpc) is 2.56. The normalized spacial score (nSPS) is 25.3. The van der Waals surface area contributed by atoms with Gasteiger partial charge >= 0.3 is 0 Å². The molecule has 114 valence electrons. The van der Waals surface area contributed by atoms with Gasteiger partial charge in [0, 0.05) is 11.8 Å². The highest BCUT2D eigenvalue weighted by Gasteiger charge is 2.25. The number of nitrogens with zero attached hydrogens (tertiary/aromatic N) is 2. The summed E-state index contributed by atoms with van der Waals surface area (Å²) < 4.78 is 0. The summed E-state index contributed by atoms with van der Waals surface area (Å²) in [5, 5.41) is 18.6. The third-order valence-electron chi connectivity index (χ3n) is 3.72. The minimum Gasteiger partial charge on any atom is -0.197 e. The molecular formula is C18H20N2S2. The van der Waals surface area contributed by atoms with Crippen molar-refractivity contribution < 1.29 is 0 Å². The van der Waals surface area contributed by atoms with Crippen molar-refractivity contribution in [1.29, 1.82) is 10.5 Å². The third kappa shape index (κ3) is 3.88. The van der Waals surface area contributed by atoms with Crippen LogP contribution in [0.4, 0.5) is 0 Å². The van der Waals surface area contributed by atoms with Crippen LogP contribution in [0.15, 0.2) is 47.6 Å². The van der Waals surface area contributed by atoms with Gasteiger partial charge in [-0.25, -0.2) is 0 Å². The monoisotopic (exact) mass is 328 g/mol. The SMILES string of the molecule is CCSC(C#N)C1C=CC2=CC(C(C#N)SCC)C=CC2=C1. The van der Waals surface area contributed by atoms with Crippen molar-refractivity contribution in [2.45, 2.75) is 24.3 Å². The number of fused-ring (bicyclic) bond motifs is 1. The van der Waals surface area contributed by atoms with Gasteiger partial charge in [-0.1, -0.05) is 50.3 Å². The van der Waals surface area contributed by atoms with Gasteiger partial charge in [0.05, 0.1) is 12.1 Å². The summed E-state index contributed by atoms with van der Waals surface area (Å²) in [7, 11) is 0. The first-order valence-corrected chi connectivity index (χ1v) is 9.66. The quantitative estimate of drug-likeness (QED) is 0.720. The Morgan fingerprint density at radius 3 is 1.64 bits per heavy atom. The van der Waals surface area contributed by atoms with Gasteiger partial charge < -0.3 is 0 Å². The first kappa shape index (κ1) is 17.0. The topological polar surface area (TPSA) is 47.6 Å². The van der Waals surface area contributed by atoms with Crippen LogP contribution in [-0.2, 0) is 0 Å². The van der Waals surface area contributed by atoms with Crippen molar-refractivity contribution in [3.05, 3.63) is 47.6 Å². The van der Waals surface area contributed by atoms with Crippen LogP contribution in [0.1, 0.15) is 13.8 Å². The number of hydrogen-bond acceptors (Lipinski definition) is 4. The molecule has 0 N–H and O–H groups in total. The highest BCUT2D eigenvalue weighted by molar-refractivity contribution is 8.00. The molecule has 22 heavy (non-hydrogen) atoms. The van der Waals surface area contributed by atoms with Crippen LogP contribution in [0, 0.1) is 34.5 Å². The first-order chi connectivity index (χ1) is 10.7. The fourth-order valence-corrected chi connectivity index (χ4v) is 4.31. The van der Waals surface area contributed by atoms with E-state index in [1.54, 1.807) is 23.5 Å². The molecule has 0 saturated heterocycles. The summed E-state index contributed by atoms with van der Waals surface area (Å²) >= 11 is 3.38. The van der Waals surface area contributed by atoms with Crippen molar-refractivity contribution in [3.8, 4) is 12.1 Å². The van der Waals surface area contributed by atoms with E-state index in [-0.39, 0.29) is 22.3 Å². The van der Waals surface area contributed by atoms with E-state index < -0.39 is 0 Å². The molecule has 2 aliphatic carbocycles. The van der Waals surface area contributed by atoms with Crippen LogP contribution in [-0.4, -0.2) is 22.0 Å². The van der Waals surface area contributed by atoms with E-state index in [2.05, 4.69) is 62.4 Å². The largest absolute Gasteiger partial charge is 0.197 e. The zero-order valence-electron chi connectivity index (χ0n) is 12.9. The van der Waals surface area contributed by atoms with Gasteiger partial charge in [-0.05, 0) is 22.7 Å². The van der Waals surface area contributed by atoms with Crippen LogP contribution in [0.3, 0.4) is 0 Å². The zero-order chi connectivity index (χ0) is 15.9. The van der Waals surface area contributed by atoms with Crippen molar-refractivity contribution in [2.24, 2.45) is 11.8 Å². The second-order valence-corrected chi connectivity index (χ2v) is 7.96. The number of hydrogen-bond donors (Lipinski definition) is 0. The van der Waals surface area contributed by atoms with Crippen LogP contribution < -0.4 is 0 Å². The smallest absolute Gasteiger partial charge is 0.101 e. The van der Waals surface area contributed by atoms with Crippen LogP contribution >= 0.6 is 23.5 Å². The maximum Gasteiger partial charge on any atom is 0.101 e. The first-order valence-electron chi connectivity index (χ1n) is 7.56. The van der Waals surface area contributed by atoms with Crippen LogP contribution in [0.5, 0.6) is 0 Å². The molecule has 4 atom stereocenters. The Bertz CT molecular complexity index is 548. The van der Waals surface area contributed by atoms with Crippen molar-refractivity contribution in [2.75, 3.05) is 11.5 Å². The number of nitriles is 2. The molecule has 2 rings (SSSR count). The lowest BCUT2D eigenvalue weighted by Crippen LogP contribution is -2.18. The molecule has 4 unspecified atom stereocenters. The molecule has 0 bridgehead atoms. The van der Waals surface area contributed by atoms with Gasteiger partial charge in [0.2, 0.25) is 0 Å². The van der Waals surface area contributed by atoms with Gasteiger partial charge in [-0.3, -0.25) is 0 Å². The van der Waals surface area contributed by atoms with E-state index in [0.29, 0.717) is 0 Å². The lowest BCUT2D eigenvalue weighted by atomic mass is 9.84. The summed E-state index contributed by atoms with van der Waals surface area (Å²) in [4.78, 5) is 0. The highest BCUT2D eigenvalue weighted by Crippen LogP contribution is 2.35. The number of thioether (sulfide) groups is 2. The average molecular weight is 329 g/mol. The predicted molar refractivity (Wildman–Crippen MR) is 96.5 cm³/mol. The molecule has 0 aromatic heterocycles. The van der Waals surface area contributed by atoms with E-state index in [0.717, 1.165) is 11.5 Å². The molecule has 0 aliphatic heterocycles. The van der Waals surface area contributed by atoms with Gasteiger partial charge in [-0.15, -0.1) is 23.5 Å². The fourth-order valence-electron chi connectivity index (χ4n) is 2.66. The van der Waals surface area contributed by atoms with E-state index in [1.165, 1.54) is 11.1 Å². The number of rotatable bonds is 6. The molecule has 0 aromatic rings. The number of allylic oxidation sites excluding steroid dienone is 8. The summed E-state index contributed by atoms with van der Waals surface area (Å²) in [6.45, 7) is 4.16. The lowest BCUT2D eigenvalue weighted by molar-refractivity contribution is 0.818. The molecule has 0 heterocycles. The van der Waals surface area contributed by atoms with Crippen LogP contribution in [0.2, 0.25) is 0 Å². The molecule has 4 heteroatoms. The lowest BCUT2D eigenvalue weighted by Gasteiger charge is -2.25. The van der Waals surface area contributed by atoms with Crippen LogP contribution in [0.25, 0.3) is 0 Å². The Labute approximate surface area is 141 Å². The molecule has 0 amide bonds. The second kappa shape index (κ2) is 8.32. The molecular weight excluding hydrogens is 308 g/mol. The molecule has 0 saturated carbocycles. The predicted octanol–water partition coefficient (Wildman–Crippen LogP) is 4.50. The molecule has 0 aromatic carbocycles. The van der Waals surface area contributed by atoms with Crippen molar-refractivity contribution in [1.82, 2.24) is 0 Å². The maximum atomic E-state index is 9.31. The molecule has 0 spiro atoms. The Morgan fingerprint density at radius 1 is 0.909 bits per heavy atom. The molecule has 2 nitrogen and oxygen atoms in total. The summed E-state index contributed by atoms with van der Waals surface area (Å²) in [6, 6.07) is 4.80. The summed E-state index contributed by atoms with van der Waals surface area (Å²) in [6.07, 6.45) is 12.8. The Balaban J connectivity index is 2.15.